The fraction of sp³-hybridized carbons (Fsp3) is 1.00. The van der Waals surface area contributed by atoms with Gasteiger partial charge in [-0.2, -0.15) is 0 Å². The molecule has 5 fully saturated rings. The first kappa shape index (κ1) is 28.4. The monoisotopic (exact) mass is 516 g/mol. The van der Waals surface area contributed by atoms with E-state index in [1.165, 1.54) is 51.4 Å². The summed E-state index contributed by atoms with van der Waals surface area (Å²) >= 11 is 0. The molecule has 0 spiro atoms. The van der Waals surface area contributed by atoms with E-state index >= 15 is 0 Å². The Kier molecular flexibility index (Phi) is 7.49. The number of aliphatic hydroxyl groups is 3. The van der Waals surface area contributed by atoms with Crippen molar-refractivity contribution in [2.45, 2.75) is 138 Å². The highest BCUT2D eigenvalue weighted by molar-refractivity contribution is 5.18. The second-order valence-electron chi connectivity index (χ2n) is 16.4. The number of fused-ring (bicyclic) bond motifs is 3. The van der Waals surface area contributed by atoms with E-state index in [0.29, 0.717) is 23.7 Å². The van der Waals surface area contributed by atoms with Crippen molar-refractivity contribution in [2.24, 2.45) is 75.4 Å². The lowest BCUT2D eigenvalue weighted by atomic mass is 9.34. The summed E-state index contributed by atoms with van der Waals surface area (Å²) in [6.07, 6.45) is 11.8. The smallest absolute Gasteiger partial charge is 0.0656 e. The molecule has 5 aliphatic carbocycles. The fourth-order valence-corrected chi connectivity index (χ4v) is 12.6. The van der Waals surface area contributed by atoms with Crippen LogP contribution in [0.3, 0.4) is 0 Å². The van der Waals surface area contributed by atoms with Crippen LogP contribution in [0.1, 0.15) is 120 Å². The maximum Gasteiger partial charge on any atom is 0.0656 e. The third kappa shape index (κ3) is 4.21. The highest BCUT2D eigenvalue weighted by Crippen LogP contribution is 2.73. The van der Waals surface area contributed by atoms with E-state index in [1.54, 1.807) is 0 Å². The third-order valence-corrected chi connectivity index (χ3v) is 14.5. The van der Waals surface area contributed by atoms with Crippen molar-refractivity contribution in [1.82, 2.24) is 0 Å². The van der Waals surface area contributed by atoms with Crippen molar-refractivity contribution in [3.63, 3.8) is 0 Å². The number of aliphatic hydroxyl groups excluding tert-OH is 3. The summed E-state index contributed by atoms with van der Waals surface area (Å²) in [7, 11) is 0. The summed E-state index contributed by atoms with van der Waals surface area (Å²) in [4.78, 5) is 0. The van der Waals surface area contributed by atoms with Crippen LogP contribution >= 0.6 is 0 Å². The van der Waals surface area contributed by atoms with Gasteiger partial charge in [0.05, 0.1) is 18.3 Å². The van der Waals surface area contributed by atoms with Gasteiger partial charge in [-0.1, -0.05) is 74.1 Å². The van der Waals surface area contributed by atoms with Crippen LogP contribution in [-0.4, -0.2) is 33.6 Å². The van der Waals surface area contributed by atoms with Gasteiger partial charge in [-0.3, -0.25) is 0 Å². The topological polar surface area (TPSA) is 60.7 Å². The van der Waals surface area contributed by atoms with Gasteiger partial charge >= 0.3 is 0 Å². The molecule has 5 saturated carbocycles. The minimum atomic E-state index is -0.532. The Balaban J connectivity index is 1.45. The van der Waals surface area contributed by atoms with Crippen molar-refractivity contribution in [3.05, 3.63) is 0 Å². The lowest BCUT2D eigenvalue weighted by Gasteiger charge is -2.72. The van der Waals surface area contributed by atoms with Crippen LogP contribution in [0.5, 0.6) is 0 Å². The molecule has 3 nitrogen and oxygen atoms in total. The lowest BCUT2D eigenvalue weighted by molar-refractivity contribution is -0.279. The first-order valence-corrected chi connectivity index (χ1v) is 16.3. The molecule has 214 valence electrons. The van der Waals surface area contributed by atoms with E-state index in [4.69, 9.17) is 0 Å². The second-order valence-corrected chi connectivity index (χ2v) is 16.4. The molecular formula is C34H60O3. The van der Waals surface area contributed by atoms with Gasteiger partial charge < -0.3 is 15.3 Å². The van der Waals surface area contributed by atoms with Gasteiger partial charge in [0.1, 0.15) is 0 Å². The summed E-state index contributed by atoms with van der Waals surface area (Å²) in [6, 6.07) is 0. The predicted molar refractivity (Wildman–Crippen MR) is 152 cm³/mol. The van der Waals surface area contributed by atoms with Gasteiger partial charge in [-0.25, -0.2) is 0 Å². The Morgan fingerprint density at radius 3 is 2.11 bits per heavy atom. The van der Waals surface area contributed by atoms with E-state index in [2.05, 4.69) is 48.5 Å². The van der Waals surface area contributed by atoms with Crippen molar-refractivity contribution in [3.8, 4) is 0 Å². The molecule has 5 aliphatic rings. The molecular weight excluding hydrogens is 456 g/mol. The first-order chi connectivity index (χ1) is 17.2. The normalized spacial score (nSPS) is 58.8. The molecule has 16 atom stereocenters. The molecule has 0 aromatic carbocycles. The molecule has 16 unspecified atom stereocenters. The molecule has 0 aromatic heterocycles. The molecule has 0 aliphatic heterocycles. The number of hydrogen-bond acceptors (Lipinski definition) is 3. The zero-order valence-electron chi connectivity index (χ0n) is 25.4. The summed E-state index contributed by atoms with van der Waals surface area (Å²) in [5.74, 6) is 4.90. The summed E-state index contributed by atoms with van der Waals surface area (Å²) in [6.45, 7) is 18.6. The van der Waals surface area contributed by atoms with Gasteiger partial charge in [-0.15, -0.1) is 0 Å². The van der Waals surface area contributed by atoms with Crippen LogP contribution in [0, 0.1) is 75.4 Å². The van der Waals surface area contributed by atoms with Crippen LogP contribution in [0.15, 0.2) is 0 Å². The van der Waals surface area contributed by atoms with Gasteiger partial charge in [-0.05, 0) is 110 Å². The molecule has 0 amide bonds. The zero-order valence-corrected chi connectivity index (χ0v) is 25.4. The molecule has 0 saturated heterocycles. The molecule has 0 heterocycles. The van der Waals surface area contributed by atoms with E-state index < -0.39 is 12.2 Å². The predicted octanol–water partition coefficient (Wildman–Crippen LogP) is 7.32. The zero-order chi connectivity index (χ0) is 27.1. The Morgan fingerprint density at radius 1 is 0.811 bits per heavy atom. The largest absolute Gasteiger partial charge is 0.393 e. The minimum Gasteiger partial charge on any atom is -0.393 e. The van der Waals surface area contributed by atoms with E-state index in [0.717, 1.165) is 30.6 Å². The summed E-state index contributed by atoms with van der Waals surface area (Å²) in [5, 5.41) is 34.9. The lowest BCUT2D eigenvalue weighted by Crippen LogP contribution is -2.70. The minimum absolute atomic E-state index is 0.0174. The van der Waals surface area contributed by atoms with E-state index in [-0.39, 0.29) is 40.1 Å². The molecule has 0 bridgehead atoms. The SMILES string of the molecule is CC(O)C1C(C)CC2(C)CC3(C)CC4C(CCC5CCCC5C)CCC(C)C4C(O)C3C(C)C2(C)C1O. The van der Waals surface area contributed by atoms with Crippen molar-refractivity contribution >= 4 is 0 Å². The van der Waals surface area contributed by atoms with E-state index in [9.17, 15) is 15.3 Å². The average molecular weight is 517 g/mol. The number of rotatable bonds is 4. The van der Waals surface area contributed by atoms with Crippen LogP contribution in [0.4, 0.5) is 0 Å². The van der Waals surface area contributed by atoms with Gasteiger partial charge in [0.2, 0.25) is 0 Å². The first-order valence-electron chi connectivity index (χ1n) is 16.3. The van der Waals surface area contributed by atoms with E-state index in [1.807, 2.05) is 6.92 Å². The third-order valence-electron chi connectivity index (χ3n) is 14.5. The maximum absolute atomic E-state index is 12.3. The van der Waals surface area contributed by atoms with Crippen molar-refractivity contribution in [1.29, 1.82) is 0 Å². The second kappa shape index (κ2) is 9.76. The van der Waals surface area contributed by atoms with Crippen LogP contribution in [0.2, 0.25) is 0 Å². The van der Waals surface area contributed by atoms with Crippen molar-refractivity contribution in [2.75, 3.05) is 0 Å². The van der Waals surface area contributed by atoms with Gasteiger partial charge in [0.25, 0.3) is 0 Å². The fourth-order valence-electron chi connectivity index (χ4n) is 12.6. The molecule has 0 aromatic rings. The average Bonchev–Trinajstić information content (AvgIpc) is 3.20. The van der Waals surface area contributed by atoms with Crippen LogP contribution < -0.4 is 0 Å². The summed E-state index contributed by atoms with van der Waals surface area (Å²) < 4.78 is 0. The quantitative estimate of drug-likeness (QED) is 0.367. The van der Waals surface area contributed by atoms with Crippen LogP contribution in [0.25, 0.3) is 0 Å². The molecule has 3 N–H and O–H groups in total. The standard InChI is InChI=1S/C34H60O3/c1-19-10-9-11-24(19)14-15-25-13-12-20(2)28-26(25)17-32(6)18-33(7)16-21(3)27(23(5)35)31(37)34(33,8)22(4)29(32)30(28)36/h19-31,35-37H,9-18H2,1-8H3. The Hall–Kier alpha value is -0.120. The Bertz CT molecular complexity index is 826. The summed E-state index contributed by atoms with van der Waals surface area (Å²) in [5.41, 5.74) is -0.167. The Labute approximate surface area is 228 Å². The highest BCUT2D eigenvalue weighted by atomic mass is 16.3. The molecule has 37 heavy (non-hydrogen) atoms. The van der Waals surface area contributed by atoms with Crippen molar-refractivity contribution < 1.29 is 15.3 Å². The Morgan fingerprint density at radius 2 is 1.49 bits per heavy atom. The number of hydrogen-bond donors (Lipinski definition) is 3. The molecule has 0 radical (unpaired) electrons. The highest BCUT2D eigenvalue weighted by Gasteiger charge is 2.70. The van der Waals surface area contributed by atoms with Crippen LogP contribution in [-0.2, 0) is 0 Å². The van der Waals surface area contributed by atoms with Gasteiger partial charge in [0, 0.05) is 11.3 Å². The van der Waals surface area contributed by atoms with Gasteiger partial charge in [0.15, 0.2) is 0 Å². The molecule has 3 heteroatoms. The molecule has 5 rings (SSSR count). The maximum atomic E-state index is 12.3.